The van der Waals surface area contributed by atoms with Crippen LogP contribution >= 0.6 is 0 Å². The molecule has 14 heavy (non-hydrogen) atoms. The van der Waals surface area contributed by atoms with Crippen LogP contribution < -0.4 is 5.32 Å². The van der Waals surface area contributed by atoms with Gasteiger partial charge in [0.2, 0.25) is 0 Å². The number of rotatable bonds is 1. The van der Waals surface area contributed by atoms with Crippen molar-refractivity contribution in [1.29, 1.82) is 0 Å². The summed E-state index contributed by atoms with van der Waals surface area (Å²) in [5.74, 6) is 0.541. The minimum Gasteiger partial charge on any atom is -0.345 e. The molecule has 2 nitrogen and oxygen atoms in total. The molecule has 0 saturated carbocycles. The maximum Gasteiger partial charge on any atom is 0.252 e. The summed E-state index contributed by atoms with van der Waals surface area (Å²) in [7, 11) is 0. The van der Waals surface area contributed by atoms with Crippen LogP contribution in [0.2, 0.25) is 0 Å². The maximum absolute atomic E-state index is 11.5. The molecule has 0 spiro atoms. The van der Waals surface area contributed by atoms with Gasteiger partial charge in [-0.15, -0.1) is 0 Å². The monoisotopic (exact) mass is 189 g/mol. The summed E-state index contributed by atoms with van der Waals surface area (Å²) in [6, 6.07) is 6.35. The number of amides is 1. The molecule has 1 aliphatic heterocycles. The van der Waals surface area contributed by atoms with Gasteiger partial charge in [0, 0.05) is 5.56 Å². The van der Waals surface area contributed by atoms with Crippen LogP contribution in [0.1, 0.15) is 54.2 Å². The summed E-state index contributed by atoms with van der Waals surface area (Å²) in [5.41, 5.74) is 3.20. The Bertz CT molecular complexity index is 382. The highest BCUT2D eigenvalue weighted by molar-refractivity contribution is 5.99. The minimum atomic E-state index is 0.0648. The number of carbonyl (C=O) groups is 1. The molecule has 0 unspecified atom stereocenters. The van der Waals surface area contributed by atoms with E-state index in [1.165, 1.54) is 5.56 Å². The Hall–Kier alpha value is -1.31. The van der Waals surface area contributed by atoms with E-state index in [-0.39, 0.29) is 11.9 Å². The third kappa shape index (κ3) is 1.31. The smallest absolute Gasteiger partial charge is 0.252 e. The van der Waals surface area contributed by atoms with Crippen LogP contribution in [-0.2, 0) is 0 Å². The first-order valence-corrected chi connectivity index (χ1v) is 5.04. The fourth-order valence-corrected chi connectivity index (χ4v) is 1.86. The van der Waals surface area contributed by atoms with Crippen molar-refractivity contribution in [2.45, 2.75) is 32.7 Å². The summed E-state index contributed by atoms with van der Waals surface area (Å²) in [4.78, 5) is 11.5. The van der Waals surface area contributed by atoms with Crippen molar-refractivity contribution in [3.8, 4) is 0 Å². The van der Waals surface area contributed by atoms with Crippen molar-refractivity contribution in [3.05, 3.63) is 34.9 Å². The fourth-order valence-electron chi connectivity index (χ4n) is 1.86. The first kappa shape index (κ1) is 9.25. The quantitative estimate of drug-likeness (QED) is 0.723. The van der Waals surface area contributed by atoms with E-state index in [2.05, 4.69) is 31.3 Å². The first-order chi connectivity index (χ1) is 6.59. The van der Waals surface area contributed by atoms with Crippen molar-refractivity contribution in [2.24, 2.45) is 0 Å². The van der Waals surface area contributed by atoms with Crippen LogP contribution in [0.3, 0.4) is 0 Å². The van der Waals surface area contributed by atoms with Crippen molar-refractivity contribution < 1.29 is 4.79 Å². The van der Waals surface area contributed by atoms with Gasteiger partial charge < -0.3 is 5.32 Å². The minimum absolute atomic E-state index is 0.0648. The molecule has 0 bridgehead atoms. The van der Waals surface area contributed by atoms with Crippen LogP contribution in [0.15, 0.2) is 18.2 Å². The Morgan fingerprint density at radius 1 is 1.36 bits per heavy atom. The maximum atomic E-state index is 11.5. The lowest BCUT2D eigenvalue weighted by molar-refractivity contribution is 0.0958. The predicted octanol–water partition coefficient (Wildman–Crippen LogP) is 2.61. The molecule has 1 aromatic carbocycles. The highest BCUT2D eigenvalue weighted by atomic mass is 16.2. The molecule has 74 valence electrons. The van der Waals surface area contributed by atoms with Gasteiger partial charge in [-0.25, -0.2) is 0 Å². The number of hydrogen-bond acceptors (Lipinski definition) is 1. The number of carbonyl (C=O) groups excluding carboxylic acids is 1. The van der Waals surface area contributed by atoms with Gasteiger partial charge in [0.1, 0.15) is 0 Å². The number of hydrogen-bond donors (Lipinski definition) is 1. The molecular weight excluding hydrogens is 174 g/mol. The summed E-state index contributed by atoms with van der Waals surface area (Å²) in [5, 5.41) is 2.91. The Balaban J connectivity index is 2.50. The zero-order valence-corrected chi connectivity index (χ0v) is 8.79. The van der Waals surface area contributed by atoms with E-state index in [9.17, 15) is 4.79 Å². The van der Waals surface area contributed by atoms with E-state index in [1.807, 2.05) is 13.0 Å². The van der Waals surface area contributed by atoms with Gasteiger partial charge in [0.25, 0.3) is 5.91 Å². The van der Waals surface area contributed by atoms with Gasteiger partial charge in [-0.3, -0.25) is 4.79 Å². The SMILES string of the molecule is CC(C)c1ccc2c(c1)C(=O)N[C@@H]2C. The Morgan fingerprint density at radius 3 is 2.71 bits per heavy atom. The Morgan fingerprint density at radius 2 is 2.07 bits per heavy atom. The molecule has 1 amide bonds. The van der Waals surface area contributed by atoms with Crippen LogP contribution in [0.25, 0.3) is 0 Å². The third-order valence-electron chi connectivity index (χ3n) is 2.80. The van der Waals surface area contributed by atoms with Crippen LogP contribution in [-0.4, -0.2) is 5.91 Å². The number of nitrogens with one attached hydrogen (secondary N) is 1. The third-order valence-corrected chi connectivity index (χ3v) is 2.80. The molecule has 2 rings (SSSR count). The molecule has 0 radical (unpaired) electrons. The number of fused-ring (bicyclic) bond motifs is 1. The largest absolute Gasteiger partial charge is 0.345 e. The van der Waals surface area contributed by atoms with Crippen molar-refractivity contribution in [2.75, 3.05) is 0 Å². The molecule has 1 heterocycles. The van der Waals surface area contributed by atoms with Crippen LogP contribution in [0, 0.1) is 0 Å². The van der Waals surface area contributed by atoms with Crippen LogP contribution in [0.5, 0.6) is 0 Å². The molecule has 0 saturated heterocycles. The van der Waals surface area contributed by atoms with Crippen molar-refractivity contribution in [1.82, 2.24) is 5.32 Å². The molecule has 1 N–H and O–H groups in total. The summed E-state index contributed by atoms with van der Waals surface area (Å²) < 4.78 is 0. The molecule has 0 aliphatic carbocycles. The van der Waals surface area contributed by atoms with Gasteiger partial charge >= 0.3 is 0 Å². The second-order valence-corrected chi connectivity index (χ2v) is 4.20. The topological polar surface area (TPSA) is 29.1 Å². The zero-order chi connectivity index (χ0) is 10.3. The second kappa shape index (κ2) is 3.12. The molecule has 0 aromatic heterocycles. The van der Waals surface area contributed by atoms with Gasteiger partial charge in [-0.2, -0.15) is 0 Å². The van der Waals surface area contributed by atoms with E-state index in [4.69, 9.17) is 0 Å². The average Bonchev–Trinajstić information content (AvgIpc) is 2.42. The lowest BCUT2D eigenvalue weighted by atomic mass is 9.97. The summed E-state index contributed by atoms with van der Waals surface area (Å²) in [6.07, 6.45) is 0. The lowest BCUT2D eigenvalue weighted by Gasteiger charge is -2.07. The molecule has 1 aliphatic rings. The van der Waals surface area contributed by atoms with E-state index >= 15 is 0 Å². The fraction of sp³-hybridized carbons (Fsp3) is 0.417. The Kier molecular flexibility index (Phi) is 2.06. The van der Waals surface area contributed by atoms with Crippen molar-refractivity contribution in [3.63, 3.8) is 0 Å². The van der Waals surface area contributed by atoms with E-state index < -0.39 is 0 Å². The second-order valence-electron chi connectivity index (χ2n) is 4.20. The first-order valence-electron chi connectivity index (χ1n) is 5.04. The number of benzene rings is 1. The Labute approximate surface area is 84.3 Å². The molecule has 1 aromatic rings. The van der Waals surface area contributed by atoms with Gasteiger partial charge in [0.15, 0.2) is 0 Å². The zero-order valence-electron chi connectivity index (χ0n) is 8.79. The highest BCUT2D eigenvalue weighted by Gasteiger charge is 2.25. The molecule has 0 fully saturated rings. The lowest BCUT2D eigenvalue weighted by Crippen LogP contribution is -2.16. The molecule has 1 atom stereocenters. The standard InChI is InChI=1S/C12H15NO/c1-7(2)9-4-5-10-8(3)13-12(14)11(10)6-9/h4-8H,1-3H3,(H,13,14)/t8-/m1/s1. The highest BCUT2D eigenvalue weighted by Crippen LogP contribution is 2.27. The van der Waals surface area contributed by atoms with Gasteiger partial charge in [-0.05, 0) is 30.0 Å². The molecular formula is C12H15NO. The predicted molar refractivity (Wildman–Crippen MR) is 56.4 cm³/mol. The van der Waals surface area contributed by atoms with E-state index in [1.54, 1.807) is 0 Å². The van der Waals surface area contributed by atoms with E-state index in [0.717, 1.165) is 11.1 Å². The van der Waals surface area contributed by atoms with Crippen LogP contribution in [0.4, 0.5) is 0 Å². The van der Waals surface area contributed by atoms with Gasteiger partial charge in [0.05, 0.1) is 6.04 Å². The summed E-state index contributed by atoms with van der Waals surface area (Å²) in [6.45, 7) is 6.29. The van der Waals surface area contributed by atoms with Gasteiger partial charge in [-0.1, -0.05) is 26.0 Å². The summed E-state index contributed by atoms with van der Waals surface area (Å²) >= 11 is 0. The normalized spacial score (nSPS) is 19.7. The van der Waals surface area contributed by atoms with Crippen molar-refractivity contribution >= 4 is 5.91 Å². The van der Waals surface area contributed by atoms with E-state index in [0.29, 0.717) is 5.92 Å². The molecule has 2 heteroatoms. The average molecular weight is 189 g/mol.